The number of anilines is 2. The lowest BCUT2D eigenvalue weighted by Crippen LogP contribution is -2.31. The number of ether oxygens (including phenoxy) is 2. The van der Waals surface area contributed by atoms with E-state index in [1.807, 2.05) is 13.8 Å². The monoisotopic (exact) mass is 587 g/mol. The molecule has 0 aliphatic heterocycles. The first-order valence-electron chi connectivity index (χ1n) is 13.8. The van der Waals surface area contributed by atoms with Crippen molar-refractivity contribution >= 4 is 40.9 Å². The van der Waals surface area contributed by atoms with Crippen molar-refractivity contribution in [1.29, 1.82) is 0 Å². The van der Waals surface area contributed by atoms with Gasteiger partial charge in [0.2, 0.25) is 6.79 Å². The number of benzene rings is 1. The van der Waals surface area contributed by atoms with Crippen LogP contribution in [0.3, 0.4) is 0 Å². The predicted octanol–water partition coefficient (Wildman–Crippen LogP) is 4.11. The second-order valence-corrected chi connectivity index (χ2v) is 9.59. The van der Waals surface area contributed by atoms with Crippen LogP contribution < -0.4 is 15.5 Å². The molecule has 2 N–H and O–H groups in total. The zero-order chi connectivity index (χ0) is 30.9. The molecule has 1 aromatic carbocycles. The molecule has 0 bridgehead atoms. The molecule has 43 heavy (non-hydrogen) atoms. The largest absolute Gasteiger partial charge is 0.424 e. The number of carbonyl (C=O) groups excluding carboxylic acids is 4. The van der Waals surface area contributed by atoms with Crippen LogP contribution in [0.5, 0.6) is 0 Å². The summed E-state index contributed by atoms with van der Waals surface area (Å²) in [6, 6.07) is 8.00. The number of hydrogen-bond donors (Lipinski definition) is 2. The number of pyridine rings is 1. The van der Waals surface area contributed by atoms with Crippen LogP contribution in [0.1, 0.15) is 68.9 Å². The van der Waals surface area contributed by atoms with Crippen molar-refractivity contribution in [3.8, 4) is 0 Å². The van der Waals surface area contributed by atoms with Crippen molar-refractivity contribution in [2.24, 2.45) is 0 Å². The van der Waals surface area contributed by atoms with Gasteiger partial charge in [-0.05, 0) is 62.1 Å². The number of amides is 3. The minimum Gasteiger partial charge on any atom is -0.424 e. The van der Waals surface area contributed by atoms with E-state index in [0.717, 1.165) is 12.8 Å². The summed E-state index contributed by atoms with van der Waals surface area (Å²) in [5.74, 6) is -1.24. The van der Waals surface area contributed by atoms with Crippen LogP contribution in [-0.4, -0.2) is 63.3 Å². The van der Waals surface area contributed by atoms with E-state index in [4.69, 9.17) is 9.47 Å². The third kappa shape index (κ3) is 6.94. The first-order valence-corrected chi connectivity index (χ1v) is 13.8. The van der Waals surface area contributed by atoms with E-state index in [1.165, 1.54) is 34.2 Å². The number of fused-ring (bicyclic) bond motifs is 1. The third-order valence-corrected chi connectivity index (χ3v) is 6.50. The Morgan fingerprint density at radius 3 is 2.40 bits per heavy atom. The SMILES string of the molecule is CCCNC(=O)c1ccc(C)c(N(C(=O)OCOC(=O)c2cccnc2)c2ncnn3cc(C(=O)NCCC)c(C)c23)c1. The molecule has 0 aliphatic rings. The van der Waals surface area contributed by atoms with E-state index in [9.17, 15) is 19.2 Å². The topological polar surface area (TPSA) is 157 Å². The Bertz CT molecular complexity index is 1640. The Labute approximate surface area is 248 Å². The van der Waals surface area contributed by atoms with Crippen LogP contribution >= 0.6 is 0 Å². The maximum atomic E-state index is 13.8. The summed E-state index contributed by atoms with van der Waals surface area (Å²) >= 11 is 0. The number of rotatable bonds is 11. The molecule has 3 amide bonds. The Morgan fingerprint density at radius 1 is 0.953 bits per heavy atom. The van der Waals surface area contributed by atoms with Gasteiger partial charge < -0.3 is 20.1 Å². The van der Waals surface area contributed by atoms with Crippen LogP contribution in [0, 0.1) is 13.8 Å². The smallest absolute Gasteiger partial charge is 0.423 e. The minimum atomic E-state index is -0.939. The fourth-order valence-electron chi connectivity index (χ4n) is 4.26. The van der Waals surface area contributed by atoms with Gasteiger partial charge in [0.1, 0.15) is 11.8 Å². The predicted molar refractivity (Wildman–Crippen MR) is 157 cm³/mol. The number of aryl methyl sites for hydroxylation is 2. The zero-order valence-electron chi connectivity index (χ0n) is 24.4. The molecule has 0 spiro atoms. The minimum absolute atomic E-state index is 0.0971. The zero-order valence-corrected chi connectivity index (χ0v) is 24.4. The van der Waals surface area contributed by atoms with E-state index in [0.29, 0.717) is 46.5 Å². The van der Waals surface area contributed by atoms with E-state index < -0.39 is 18.9 Å². The summed E-state index contributed by atoms with van der Waals surface area (Å²) in [5.41, 5.74) is 2.68. The van der Waals surface area contributed by atoms with Gasteiger partial charge in [-0.1, -0.05) is 19.9 Å². The second-order valence-electron chi connectivity index (χ2n) is 9.59. The Hall–Kier alpha value is -5.33. The molecule has 0 unspecified atom stereocenters. The van der Waals surface area contributed by atoms with Crippen molar-refractivity contribution in [3.05, 3.63) is 83.1 Å². The number of nitrogens with one attached hydrogen (secondary N) is 2. The molecule has 0 fully saturated rings. The van der Waals surface area contributed by atoms with E-state index >= 15 is 0 Å². The first-order chi connectivity index (χ1) is 20.8. The highest BCUT2D eigenvalue weighted by Gasteiger charge is 2.29. The lowest BCUT2D eigenvalue weighted by atomic mass is 10.1. The maximum Gasteiger partial charge on any atom is 0.423 e. The van der Waals surface area contributed by atoms with Crippen LogP contribution in [0.4, 0.5) is 16.3 Å². The number of esters is 1. The van der Waals surface area contributed by atoms with Gasteiger partial charge in [0.25, 0.3) is 11.8 Å². The van der Waals surface area contributed by atoms with Crippen LogP contribution in [-0.2, 0) is 9.47 Å². The molecule has 0 saturated carbocycles. The molecule has 3 heterocycles. The van der Waals surface area contributed by atoms with Gasteiger partial charge in [0.15, 0.2) is 5.82 Å². The average Bonchev–Trinajstić information content (AvgIpc) is 3.36. The van der Waals surface area contributed by atoms with Crippen molar-refractivity contribution in [1.82, 2.24) is 30.2 Å². The Kier molecular flexibility index (Phi) is 9.99. The molecule has 0 saturated heterocycles. The highest BCUT2D eigenvalue weighted by atomic mass is 16.7. The van der Waals surface area contributed by atoms with Crippen LogP contribution in [0.15, 0.2) is 55.2 Å². The molecule has 224 valence electrons. The van der Waals surface area contributed by atoms with E-state index in [1.54, 1.807) is 44.3 Å². The molecule has 4 rings (SSSR count). The maximum absolute atomic E-state index is 13.8. The summed E-state index contributed by atoms with van der Waals surface area (Å²) in [4.78, 5) is 61.3. The summed E-state index contributed by atoms with van der Waals surface area (Å²) in [6.45, 7) is 7.65. The van der Waals surface area contributed by atoms with Crippen LogP contribution in [0.2, 0.25) is 0 Å². The summed E-state index contributed by atoms with van der Waals surface area (Å²) in [6.07, 6.45) is 6.21. The fourth-order valence-corrected chi connectivity index (χ4v) is 4.26. The number of carbonyl (C=O) groups is 4. The van der Waals surface area contributed by atoms with Gasteiger partial charge in [-0.3, -0.25) is 14.6 Å². The Morgan fingerprint density at radius 2 is 1.70 bits per heavy atom. The molecular weight excluding hydrogens is 554 g/mol. The van der Waals surface area contributed by atoms with E-state index in [-0.39, 0.29) is 23.2 Å². The van der Waals surface area contributed by atoms with Gasteiger partial charge in [0, 0.05) is 37.2 Å². The lowest BCUT2D eigenvalue weighted by Gasteiger charge is -2.24. The summed E-state index contributed by atoms with van der Waals surface area (Å²) in [7, 11) is 0. The van der Waals surface area contributed by atoms with Crippen molar-refractivity contribution in [3.63, 3.8) is 0 Å². The fraction of sp³-hybridized carbons (Fsp3) is 0.300. The lowest BCUT2D eigenvalue weighted by molar-refractivity contribution is -0.000110. The molecule has 0 atom stereocenters. The van der Waals surface area contributed by atoms with Gasteiger partial charge >= 0.3 is 12.1 Å². The molecule has 13 nitrogen and oxygen atoms in total. The number of hydrogen-bond acceptors (Lipinski definition) is 9. The molecule has 0 radical (unpaired) electrons. The second kappa shape index (κ2) is 14.0. The van der Waals surface area contributed by atoms with Gasteiger partial charge in [-0.2, -0.15) is 5.10 Å². The summed E-state index contributed by atoms with van der Waals surface area (Å²) in [5, 5.41) is 9.92. The first kappa shape index (κ1) is 30.6. The molecule has 3 aromatic heterocycles. The van der Waals surface area contributed by atoms with Gasteiger partial charge in [0.05, 0.1) is 16.8 Å². The molecule has 13 heteroatoms. The number of aromatic nitrogens is 4. The summed E-state index contributed by atoms with van der Waals surface area (Å²) < 4.78 is 12.0. The van der Waals surface area contributed by atoms with E-state index in [2.05, 4.69) is 25.7 Å². The molecular formula is C30H33N7O6. The van der Waals surface area contributed by atoms with Gasteiger partial charge in [-0.25, -0.2) is 24.0 Å². The van der Waals surface area contributed by atoms with Crippen molar-refractivity contribution in [2.45, 2.75) is 40.5 Å². The highest BCUT2D eigenvalue weighted by Crippen LogP contribution is 2.34. The molecule has 0 aliphatic carbocycles. The quantitative estimate of drug-likeness (QED) is 0.195. The standard InChI is InChI=1S/C30H33N7O6/c1-5-11-32-27(38)21-10-9-19(3)24(14-21)37(30(41)43-18-42-29(40)22-8-7-13-31-15-22)26-25-20(4)23(28(39)33-12-6-2)16-36(25)35-17-34-26/h7-10,13-17H,5-6,11-12,18H2,1-4H3,(H,32,38)(H,33,39). The normalized spacial score (nSPS) is 10.7. The average molecular weight is 588 g/mol. The third-order valence-electron chi connectivity index (χ3n) is 6.50. The van der Waals surface area contributed by atoms with Crippen molar-refractivity contribution < 1.29 is 28.7 Å². The van der Waals surface area contributed by atoms with Crippen LogP contribution in [0.25, 0.3) is 5.52 Å². The molecule has 4 aromatic rings. The van der Waals surface area contributed by atoms with Gasteiger partial charge in [-0.15, -0.1) is 0 Å². The Balaban J connectivity index is 1.76. The number of nitrogens with zero attached hydrogens (tertiary/aromatic N) is 5. The highest BCUT2D eigenvalue weighted by molar-refractivity contribution is 6.05. The van der Waals surface area contributed by atoms with Crippen molar-refractivity contribution in [2.75, 3.05) is 24.8 Å².